The Bertz CT molecular complexity index is 861. The Morgan fingerprint density at radius 3 is 2.11 bits per heavy atom. The van der Waals surface area contributed by atoms with E-state index >= 15 is 0 Å². The third-order valence-corrected chi connectivity index (χ3v) is 7.74. The average Bonchev–Trinajstić information content (AvgIpc) is 2.75. The topological polar surface area (TPSA) is 49.3 Å². The van der Waals surface area contributed by atoms with Gasteiger partial charge < -0.3 is 10.4 Å². The van der Waals surface area contributed by atoms with Crippen molar-refractivity contribution in [2.45, 2.75) is 130 Å². The van der Waals surface area contributed by atoms with E-state index in [2.05, 4.69) is 84.0 Å². The number of carbonyl (C=O) groups is 1. The fraction of sp³-hybridized carbons (Fsp3) is 0.645. The summed E-state index contributed by atoms with van der Waals surface area (Å²) in [4.78, 5) is 12.5. The van der Waals surface area contributed by atoms with Gasteiger partial charge in [-0.05, 0) is 89.9 Å². The number of hydrogen-bond acceptors (Lipinski definition) is 3. The summed E-state index contributed by atoms with van der Waals surface area (Å²) in [7, 11) is 0. The van der Waals surface area contributed by atoms with Crippen molar-refractivity contribution in [2.24, 2.45) is 0 Å². The summed E-state index contributed by atoms with van der Waals surface area (Å²) in [5, 5.41) is 14.2. The second-order valence-electron chi connectivity index (χ2n) is 11.5. The van der Waals surface area contributed by atoms with E-state index in [9.17, 15) is 4.79 Å². The number of aliphatic hydroxyl groups excluding tert-OH is 1. The zero-order valence-electron chi connectivity index (χ0n) is 23.9. The lowest BCUT2D eigenvalue weighted by Crippen LogP contribution is -2.36. The van der Waals surface area contributed by atoms with Gasteiger partial charge in [-0.25, -0.2) is 0 Å². The van der Waals surface area contributed by atoms with Crippen LogP contribution in [0.2, 0.25) is 0 Å². The van der Waals surface area contributed by atoms with E-state index in [1.807, 2.05) is 6.92 Å². The fourth-order valence-electron chi connectivity index (χ4n) is 4.63. The second kappa shape index (κ2) is 14.3. The molecule has 0 aliphatic heterocycles. The van der Waals surface area contributed by atoms with E-state index in [4.69, 9.17) is 5.11 Å². The van der Waals surface area contributed by atoms with E-state index in [-0.39, 0.29) is 23.8 Å². The van der Waals surface area contributed by atoms with Gasteiger partial charge in [0.2, 0.25) is 5.91 Å². The first kappa shape index (κ1) is 31.5. The van der Waals surface area contributed by atoms with Gasteiger partial charge in [0.25, 0.3) is 0 Å². The molecule has 1 amide bonds. The van der Waals surface area contributed by atoms with Crippen molar-refractivity contribution in [1.29, 1.82) is 0 Å². The number of allylic oxidation sites excluding steroid dienone is 2. The highest BCUT2D eigenvalue weighted by Crippen LogP contribution is 2.46. The molecule has 1 aromatic carbocycles. The lowest BCUT2D eigenvalue weighted by atomic mass is 9.63. The molecule has 3 nitrogen and oxygen atoms in total. The molecule has 1 aliphatic rings. The minimum atomic E-state index is -0.543. The molecule has 0 radical (unpaired) electrons. The van der Waals surface area contributed by atoms with Gasteiger partial charge in [-0.3, -0.25) is 4.79 Å². The molecule has 198 valence electrons. The summed E-state index contributed by atoms with van der Waals surface area (Å²) in [6.45, 7) is 23.6. The Morgan fingerprint density at radius 1 is 1.09 bits per heavy atom. The van der Waals surface area contributed by atoms with E-state index in [0.717, 1.165) is 30.6 Å². The first-order valence-corrected chi connectivity index (χ1v) is 14.2. The molecule has 0 spiro atoms. The minimum Gasteiger partial charge on any atom is -0.393 e. The summed E-state index contributed by atoms with van der Waals surface area (Å²) in [6.07, 6.45) is 6.42. The Labute approximate surface area is 220 Å². The molecule has 1 aliphatic carbocycles. The molecule has 0 fully saturated rings. The third kappa shape index (κ3) is 10.6. The first-order valence-electron chi connectivity index (χ1n) is 13.3. The van der Waals surface area contributed by atoms with Crippen molar-refractivity contribution in [3.05, 3.63) is 51.8 Å². The maximum atomic E-state index is 11.3. The van der Waals surface area contributed by atoms with Gasteiger partial charge in [0, 0.05) is 6.04 Å². The number of rotatable bonds is 10. The highest BCUT2D eigenvalue weighted by Gasteiger charge is 2.36. The quantitative estimate of drug-likeness (QED) is 0.338. The average molecular weight is 502 g/mol. The Morgan fingerprint density at radius 2 is 1.63 bits per heavy atom. The number of fused-ring (bicyclic) bond motifs is 1. The van der Waals surface area contributed by atoms with Crippen LogP contribution in [0.4, 0.5) is 0 Å². The summed E-state index contributed by atoms with van der Waals surface area (Å²) < 4.78 is 0. The smallest absolute Gasteiger partial charge is 0.222 e. The largest absolute Gasteiger partial charge is 0.393 e. The van der Waals surface area contributed by atoms with Gasteiger partial charge in [0.05, 0.1) is 12.5 Å². The predicted octanol–water partition coefficient (Wildman–Crippen LogP) is 8.51. The summed E-state index contributed by atoms with van der Waals surface area (Å²) in [6, 6.07) is 7.35. The SMILES string of the molecule is C=C(C)S/C=C(\C)c1ccc2c(c1)C(C)(C)CCC2(C)C.CCCC(CCC)NC(=O)C[C@@H](C)O. The summed E-state index contributed by atoms with van der Waals surface area (Å²) in [5.74, 6) is -0.0353. The number of carbonyl (C=O) groups excluding carboxylic acids is 1. The van der Waals surface area contributed by atoms with Crippen LogP contribution in [-0.2, 0) is 15.6 Å². The Kier molecular flexibility index (Phi) is 12.9. The van der Waals surface area contributed by atoms with Gasteiger partial charge in [-0.1, -0.05) is 79.2 Å². The number of thioether (sulfide) groups is 1. The van der Waals surface area contributed by atoms with Gasteiger partial charge >= 0.3 is 0 Å². The molecule has 0 aromatic heterocycles. The highest BCUT2D eigenvalue weighted by molar-refractivity contribution is 8.05. The van der Waals surface area contributed by atoms with Crippen LogP contribution in [0.1, 0.15) is 124 Å². The van der Waals surface area contributed by atoms with Crippen molar-refractivity contribution in [2.75, 3.05) is 0 Å². The molecule has 2 N–H and O–H groups in total. The maximum Gasteiger partial charge on any atom is 0.222 e. The lowest BCUT2D eigenvalue weighted by molar-refractivity contribution is -0.123. The lowest BCUT2D eigenvalue weighted by Gasteiger charge is -2.42. The zero-order chi connectivity index (χ0) is 26.8. The van der Waals surface area contributed by atoms with Gasteiger partial charge in [-0.2, -0.15) is 0 Å². The van der Waals surface area contributed by atoms with E-state index in [0.29, 0.717) is 5.41 Å². The van der Waals surface area contributed by atoms with Crippen LogP contribution in [0, 0.1) is 0 Å². The molecule has 35 heavy (non-hydrogen) atoms. The van der Waals surface area contributed by atoms with Crippen molar-refractivity contribution >= 4 is 23.2 Å². The second-order valence-corrected chi connectivity index (χ2v) is 12.7. The molecule has 0 heterocycles. The van der Waals surface area contributed by atoms with Crippen LogP contribution in [0.5, 0.6) is 0 Å². The van der Waals surface area contributed by atoms with E-state index < -0.39 is 6.10 Å². The molecule has 1 atom stereocenters. The van der Waals surface area contributed by atoms with Gasteiger partial charge in [-0.15, -0.1) is 11.8 Å². The van der Waals surface area contributed by atoms with E-state index in [1.165, 1.54) is 35.1 Å². The standard InChI is InChI=1S/C20H28S.C11H23NO2/c1-14(2)21-13-15(3)16-8-9-17-18(12-16)20(6,7)11-10-19(17,4)5;1-4-6-10(7-5-2)12-11(14)8-9(3)13/h8-9,12-13H,1,10-11H2,2-7H3;9-10,13H,4-8H2,1-3H3,(H,12,14)/b15-13+;/t;9-/m.1/s1. The number of benzene rings is 1. The molecule has 0 saturated carbocycles. The van der Waals surface area contributed by atoms with Crippen LogP contribution < -0.4 is 5.32 Å². The molecule has 1 aromatic rings. The molecule has 0 saturated heterocycles. The van der Waals surface area contributed by atoms with Crippen molar-refractivity contribution < 1.29 is 9.90 Å². The van der Waals surface area contributed by atoms with Crippen LogP contribution >= 0.6 is 11.8 Å². The number of nitrogens with one attached hydrogen (secondary N) is 1. The van der Waals surface area contributed by atoms with E-state index in [1.54, 1.807) is 18.7 Å². The minimum absolute atomic E-state index is 0.0353. The maximum absolute atomic E-state index is 11.3. The summed E-state index contributed by atoms with van der Waals surface area (Å²) in [5.41, 5.74) is 6.31. The molecular formula is C31H51NO2S. The monoisotopic (exact) mass is 501 g/mol. The fourth-order valence-corrected chi connectivity index (χ4v) is 5.15. The normalized spacial score (nSPS) is 17.2. The summed E-state index contributed by atoms with van der Waals surface area (Å²) >= 11 is 1.71. The number of aliphatic hydroxyl groups is 1. The van der Waals surface area contributed by atoms with Crippen molar-refractivity contribution in [3.63, 3.8) is 0 Å². The van der Waals surface area contributed by atoms with Crippen LogP contribution in [0.3, 0.4) is 0 Å². The van der Waals surface area contributed by atoms with Gasteiger partial charge in [0.1, 0.15) is 0 Å². The molecule has 2 rings (SSSR count). The Balaban J connectivity index is 0.000000383. The van der Waals surface area contributed by atoms with Crippen molar-refractivity contribution in [1.82, 2.24) is 5.32 Å². The number of hydrogen-bond donors (Lipinski definition) is 2. The molecule has 4 heteroatoms. The number of amides is 1. The van der Waals surface area contributed by atoms with Gasteiger partial charge in [0.15, 0.2) is 0 Å². The highest BCUT2D eigenvalue weighted by atomic mass is 32.2. The predicted molar refractivity (Wildman–Crippen MR) is 156 cm³/mol. The molecular weight excluding hydrogens is 450 g/mol. The first-order chi connectivity index (χ1) is 16.2. The third-order valence-electron chi connectivity index (χ3n) is 6.87. The van der Waals surface area contributed by atoms with Crippen LogP contribution in [0.15, 0.2) is 35.1 Å². The zero-order valence-corrected chi connectivity index (χ0v) is 24.7. The molecule has 0 bridgehead atoms. The van der Waals surface area contributed by atoms with Crippen molar-refractivity contribution in [3.8, 4) is 0 Å². The van der Waals surface area contributed by atoms with Crippen LogP contribution in [0.25, 0.3) is 5.57 Å². The Hall–Kier alpha value is -1.52. The van der Waals surface area contributed by atoms with Crippen LogP contribution in [-0.4, -0.2) is 23.2 Å². The molecule has 0 unspecified atom stereocenters.